The first-order chi connectivity index (χ1) is 13.2. The van der Waals surface area contributed by atoms with Crippen molar-refractivity contribution < 1.29 is 27.4 Å². The maximum atomic E-state index is 12.6. The summed E-state index contributed by atoms with van der Waals surface area (Å²) in [6.45, 7) is 3.90. The zero-order valence-corrected chi connectivity index (χ0v) is 15.7. The van der Waals surface area contributed by atoms with Gasteiger partial charge in [-0.25, -0.2) is 10.8 Å². The molecule has 4 N–H and O–H groups in total. The lowest BCUT2D eigenvalue weighted by Crippen LogP contribution is -2.19. The second kappa shape index (κ2) is 11.0. The third-order valence-corrected chi connectivity index (χ3v) is 3.40. The number of rotatable bonds is 7. The van der Waals surface area contributed by atoms with Crippen molar-refractivity contribution >= 4 is 12.1 Å². The van der Waals surface area contributed by atoms with Crippen LogP contribution in [0, 0.1) is 0 Å². The third-order valence-electron chi connectivity index (χ3n) is 3.40. The molecule has 7 nitrogen and oxygen atoms in total. The van der Waals surface area contributed by atoms with Crippen molar-refractivity contribution in [2.75, 3.05) is 12.4 Å². The van der Waals surface area contributed by atoms with Gasteiger partial charge in [-0.15, -0.1) is 13.2 Å². The van der Waals surface area contributed by atoms with Gasteiger partial charge in [-0.1, -0.05) is 26.0 Å². The second-order valence-corrected chi connectivity index (χ2v) is 5.71. The Balaban J connectivity index is 0.000000892. The molecule has 10 heteroatoms. The molecule has 0 bridgehead atoms. The molecule has 0 saturated heterocycles. The predicted octanol–water partition coefficient (Wildman–Crippen LogP) is 3.33. The van der Waals surface area contributed by atoms with E-state index in [9.17, 15) is 13.2 Å². The molecule has 2 aromatic rings. The topological polar surface area (TPSA) is 98.5 Å². The Labute approximate surface area is 161 Å². The standard InChI is InChI=1S/C17H19F3N2O2.CH4N2O/c1-11(2)13-6-5-9-16(22-13)23-10-12-14(21-3)7-4-8-15(12)24-17(18,19)20;2-3-1-4/h4-9,11,21H,10H2,1-3H3;1H,2H2,(H,3,4). The fourth-order valence-corrected chi connectivity index (χ4v) is 2.15. The second-order valence-electron chi connectivity index (χ2n) is 5.71. The summed E-state index contributed by atoms with van der Waals surface area (Å²) in [6.07, 6.45) is -4.36. The van der Waals surface area contributed by atoms with Gasteiger partial charge >= 0.3 is 6.36 Å². The zero-order chi connectivity index (χ0) is 21.2. The highest BCUT2D eigenvalue weighted by Crippen LogP contribution is 2.32. The number of benzene rings is 1. The van der Waals surface area contributed by atoms with Crippen molar-refractivity contribution in [3.63, 3.8) is 0 Å². The smallest absolute Gasteiger partial charge is 0.473 e. The van der Waals surface area contributed by atoms with Gasteiger partial charge in [-0.05, 0) is 24.1 Å². The predicted molar refractivity (Wildman–Crippen MR) is 98.7 cm³/mol. The van der Waals surface area contributed by atoms with Crippen molar-refractivity contribution in [2.45, 2.75) is 32.7 Å². The molecule has 0 saturated carbocycles. The first-order valence-corrected chi connectivity index (χ1v) is 8.26. The number of carbonyl (C=O) groups excluding carboxylic acids is 1. The van der Waals surface area contributed by atoms with Crippen molar-refractivity contribution in [1.29, 1.82) is 0 Å². The van der Waals surface area contributed by atoms with Gasteiger partial charge in [0.1, 0.15) is 12.4 Å². The molecule has 0 aliphatic rings. The first-order valence-electron chi connectivity index (χ1n) is 8.26. The molecule has 1 aromatic carbocycles. The molecule has 0 atom stereocenters. The van der Waals surface area contributed by atoms with Crippen LogP contribution in [0.2, 0.25) is 0 Å². The van der Waals surface area contributed by atoms with Gasteiger partial charge in [0.25, 0.3) is 0 Å². The van der Waals surface area contributed by atoms with E-state index in [1.54, 1.807) is 30.7 Å². The lowest BCUT2D eigenvalue weighted by molar-refractivity contribution is -0.275. The largest absolute Gasteiger partial charge is 0.573 e. The number of hydrogen-bond donors (Lipinski definition) is 3. The number of ether oxygens (including phenoxy) is 2. The van der Waals surface area contributed by atoms with Gasteiger partial charge in [-0.3, -0.25) is 10.2 Å². The Morgan fingerprint density at radius 3 is 2.39 bits per heavy atom. The molecule has 0 unspecified atom stereocenters. The number of aromatic nitrogens is 1. The Hall–Kier alpha value is -3.01. The quantitative estimate of drug-likeness (QED) is 0.285. The van der Waals surface area contributed by atoms with Crippen LogP contribution in [0.4, 0.5) is 18.9 Å². The summed E-state index contributed by atoms with van der Waals surface area (Å²) >= 11 is 0. The molecule has 0 spiro atoms. The van der Waals surface area contributed by atoms with Crippen LogP contribution in [0.25, 0.3) is 0 Å². The first kappa shape index (κ1) is 23.0. The van der Waals surface area contributed by atoms with Gasteiger partial charge in [0.15, 0.2) is 0 Å². The van der Waals surface area contributed by atoms with Crippen LogP contribution in [-0.2, 0) is 11.4 Å². The van der Waals surface area contributed by atoms with Crippen molar-refractivity contribution in [3.8, 4) is 11.6 Å². The Morgan fingerprint density at radius 1 is 1.21 bits per heavy atom. The average Bonchev–Trinajstić information content (AvgIpc) is 2.66. The van der Waals surface area contributed by atoms with Crippen LogP contribution in [0.15, 0.2) is 36.4 Å². The summed E-state index contributed by atoms with van der Waals surface area (Å²) in [5.74, 6) is 4.69. The molecule has 2 rings (SSSR count). The van der Waals surface area contributed by atoms with E-state index in [0.717, 1.165) is 5.69 Å². The van der Waals surface area contributed by atoms with Gasteiger partial charge in [0.2, 0.25) is 12.3 Å². The third kappa shape index (κ3) is 7.70. The molecule has 0 radical (unpaired) electrons. The van der Waals surface area contributed by atoms with Crippen LogP contribution in [0.1, 0.15) is 31.0 Å². The molecule has 0 aliphatic heterocycles. The number of anilines is 1. The van der Waals surface area contributed by atoms with E-state index in [4.69, 9.17) is 9.53 Å². The number of hydrazine groups is 1. The van der Waals surface area contributed by atoms with E-state index >= 15 is 0 Å². The molecule has 0 aliphatic carbocycles. The SMILES string of the molecule is CNc1cccc(OC(F)(F)F)c1COc1cccc(C(C)C)n1.NNC=O. The monoisotopic (exact) mass is 400 g/mol. The van der Waals surface area contributed by atoms with E-state index in [1.807, 2.05) is 19.9 Å². The minimum absolute atomic E-state index is 0.100. The number of nitrogens with one attached hydrogen (secondary N) is 2. The summed E-state index contributed by atoms with van der Waals surface area (Å²) in [5, 5.41) is 2.84. The van der Waals surface area contributed by atoms with Crippen LogP contribution < -0.4 is 26.1 Å². The summed E-state index contributed by atoms with van der Waals surface area (Å²) < 4.78 is 47.4. The van der Waals surface area contributed by atoms with Gasteiger partial charge in [0, 0.05) is 24.5 Å². The molecular formula is C18H23F3N4O3. The summed E-state index contributed by atoms with van der Waals surface area (Å²) in [6, 6.07) is 9.73. The molecule has 0 fully saturated rings. The number of halogens is 3. The molecule has 1 amide bonds. The van der Waals surface area contributed by atoms with Crippen molar-refractivity contribution in [1.82, 2.24) is 10.4 Å². The van der Waals surface area contributed by atoms with Crippen LogP contribution in [0.5, 0.6) is 11.6 Å². The highest BCUT2D eigenvalue weighted by molar-refractivity contribution is 5.57. The van der Waals surface area contributed by atoms with Gasteiger partial charge in [-0.2, -0.15) is 0 Å². The van der Waals surface area contributed by atoms with Gasteiger partial charge in [0.05, 0.1) is 5.56 Å². The van der Waals surface area contributed by atoms with E-state index in [2.05, 4.69) is 20.9 Å². The molecule has 154 valence electrons. The highest BCUT2D eigenvalue weighted by Gasteiger charge is 2.32. The Bertz CT molecular complexity index is 755. The fraction of sp³-hybridized carbons (Fsp3) is 0.333. The Morgan fingerprint density at radius 2 is 1.86 bits per heavy atom. The highest BCUT2D eigenvalue weighted by atomic mass is 19.4. The number of pyridine rings is 1. The average molecular weight is 400 g/mol. The van der Waals surface area contributed by atoms with E-state index in [0.29, 0.717) is 18.0 Å². The summed E-state index contributed by atoms with van der Waals surface area (Å²) in [5.41, 5.74) is 3.37. The van der Waals surface area contributed by atoms with Crippen molar-refractivity contribution in [2.24, 2.45) is 5.84 Å². The van der Waals surface area contributed by atoms with E-state index in [1.165, 1.54) is 12.1 Å². The molecule has 1 aromatic heterocycles. The summed E-state index contributed by atoms with van der Waals surface area (Å²) in [7, 11) is 1.62. The fourth-order valence-electron chi connectivity index (χ4n) is 2.15. The zero-order valence-electron chi connectivity index (χ0n) is 15.7. The maximum Gasteiger partial charge on any atom is 0.573 e. The number of nitrogens with two attached hydrogens (primary N) is 1. The van der Waals surface area contributed by atoms with Crippen LogP contribution >= 0.6 is 0 Å². The lowest BCUT2D eigenvalue weighted by atomic mass is 10.1. The van der Waals surface area contributed by atoms with Crippen LogP contribution in [0.3, 0.4) is 0 Å². The number of alkyl halides is 3. The number of amides is 1. The number of hydrogen-bond acceptors (Lipinski definition) is 6. The lowest BCUT2D eigenvalue weighted by Gasteiger charge is -2.17. The normalized spacial score (nSPS) is 10.6. The van der Waals surface area contributed by atoms with E-state index in [-0.39, 0.29) is 23.8 Å². The number of nitrogens with zero attached hydrogens (tertiary/aromatic N) is 1. The van der Waals surface area contributed by atoms with Gasteiger partial charge < -0.3 is 14.8 Å². The minimum Gasteiger partial charge on any atom is -0.473 e. The van der Waals surface area contributed by atoms with E-state index < -0.39 is 6.36 Å². The molecule has 1 heterocycles. The maximum absolute atomic E-state index is 12.6. The molecule has 28 heavy (non-hydrogen) atoms. The van der Waals surface area contributed by atoms with Crippen molar-refractivity contribution in [3.05, 3.63) is 47.7 Å². The summed E-state index contributed by atoms with van der Waals surface area (Å²) in [4.78, 5) is 13.3. The number of carbonyl (C=O) groups is 1. The van der Waals surface area contributed by atoms with Crippen LogP contribution in [-0.4, -0.2) is 24.8 Å². The minimum atomic E-state index is -4.77. The Kier molecular flexibility index (Phi) is 9.03. The molecular weight excluding hydrogens is 377 g/mol.